The minimum absolute atomic E-state index is 0.130. The summed E-state index contributed by atoms with van der Waals surface area (Å²) in [4.78, 5) is 29.3. The maximum Gasteiger partial charge on any atom is 0.275 e. The number of carbonyl (C=O) groups is 2. The fourth-order valence-corrected chi connectivity index (χ4v) is 3.87. The smallest absolute Gasteiger partial charge is 0.275 e. The molecule has 0 atom stereocenters. The Morgan fingerprint density at radius 3 is 2.08 bits per heavy atom. The van der Waals surface area contributed by atoms with Gasteiger partial charge in [0.1, 0.15) is 5.69 Å². The van der Waals surface area contributed by atoms with Gasteiger partial charge >= 0.3 is 0 Å². The first-order valence-corrected chi connectivity index (χ1v) is 12.0. The number of nitrogens with one attached hydrogen (secondary N) is 2. The van der Waals surface area contributed by atoms with Crippen LogP contribution in [0.5, 0.6) is 11.5 Å². The lowest BCUT2D eigenvalue weighted by atomic mass is 10.1. The molecule has 37 heavy (non-hydrogen) atoms. The Morgan fingerprint density at radius 2 is 1.43 bits per heavy atom. The van der Waals surface area contributed by atoms with E-state index in [2.05, 4.69) is 22.5 Å². The van der Waals surface area contributed by atoms with Gasteiger partial charge in [0.25, 0.3) is 5.91 Å². The molecule has 0 radical (unpaired) electrons. The van der Waals surface area contributed by atoms with Crippen molar-refractivity contribution >= 4 is 23.2 Å². The molecule has 0 fully saturated rings. The van der Waals surface area contributed by atoms with E-state index < -0.39 is 0 Å². The Hall–Kier alpha value is -4.59. The van der Waals surface area contributed by atoms with Gasteiger partial charge in [0.05, 0.1) is 27.0 Å². The molecule has 0 spiro atoms. The van der Waals surface area contributed by atoms with Crippen molar-refractivity contribution in [1.29, 1.82) is 0 Å². The van der Waals surface area contributed by atoms with Crippen molar-refractivity contribution in [3.63, 3.8) is 0 Å². The molecule has 2 N–H and O–H groups in total. The van der Waals surface area contributed by atoms with Crippen molar-refractivity contribution in [2.75, 3.05) is 24.9 Å². The highest BCUT2D eigenvalue weighted by molar-refractivity contribution is 6.02. The second-order valence-electron chi connectivity index (χ2n) is 8.55. The summed E-state index contributed by atoms with van der Waals surface area (Å²) in [7, 11) is 3.14. The van der Waals surface area contributed by atoms with Crippen LogP contribution in [0.25, 0.3) is 0 Å². The van der Waals surface area contributed by atoms with Crippen LogP contribution in [0.2, 0.25) is 0 Å². The molecule has 1 aromatic heterocycles. The third-order valence-corrected chi connectivity index (χ3v) is 5.90. The number of carbonyl (C=O) groups excluding carboxylic acids is 2. The molecule has 2 amide bonds. The highest BCUT2D eigenvalue weighted by Gasteiger charge is 2.11. The second-order valence-corrected chi connectivity index (χ2v) is 8.55. The normalized spacial score (nSPS) is 10.6. The lowest BCUT2D eigenvalue weighted by molar-refractivity contribution is -0.115. The van der Waals surface area contributed by atoms with Crippen molar-refractivity contribution in [2.45, 2.75) is 26.3 Å². The molecule has 8 nitrogen and oxygen atoms in total. The molecule has 1 heterocycles. The van der Waals surface area contributed by atoms with Crippen molar-refractivity contribution in [3.05, 3.63) is 102 Å². The highest BCUT2D eigenvalue weighted by atomic mass is 16.5. The van der Waals surface area contributed by atoms with Crippen LogP contribution in [-0.2, 0) is 24.2 Å². The number of anilines is 2. The van der Waals surface area contributed by atoms with Crippen LogP contribution < -0.4 is 20.1 Å². The maximum absolute atomic E-state index is 12.5. The minimum atomic E-state index is -0.254. The Kier molecular flexibility index (Phi) is 8.20. The summed E-state index contributed by atoms with van der Waals surface area (Å²) in [6.07, 6.45) is 4.51. The van der Waals surface area contributed by atoms with Crippen LogP contribution in [0, 0.1) is 0 Å². The van der Waals surface area contributed by atoms with Crippen molar-refractivity contribution < 1.29 is 19.1 Å². The van der Waals surface area contributed by atoms with Gasteiger partial charge in [-0.25, -0.2) is 4.98 Å². The second kappa shape index (κ2) is 11.9. The molecule has 0 saturated heterocycles. The Labute approximate surface area is 216 Å². The lowest BCUT2D eigenvalue weighted by Crippen LogP contribution is -2.14. The van der Waals surface area contributed by atoms with Crippen molar-refractivity contribution in [1.82, 2.24) is 9.55 Å². The van der Waals surface area contributed by atoms with Gasteiger partial charge in [-0.3, -0.25) is 9.59 Å². The van der Waals surface area contributed by atoms with E-state index in [0.29, 0.717) is 29.4 Å². The van der Waals surface area contributed by atoms with Crippen LogP contribution in [-0.4, -0.2) is 35.6 Å². The Morgan fingerprint density at radius 1 is 0.811 bits per heavy atom. The summed E-state index contributed by atoms with van der Waals surface area (Å²) < 4.78 is 12.4. The van der Waals surface area contributed by atoms with Gasteiger partial charge in [0.15, 0.2) is 11.5 Å². The van der Waals surface area contributed by atoms with Gasteiger partial charge in [0, 0.05) is 24.1 Å². The summed E-state index contributed by atoms with van der Waals surface area (Å²) in [5.74, 6) is 0.822. The van der Waals surface area contributed by atoms with Crippen LogP contribution in [0.1, 0.15) is 34.1 Å². The third-order valence-electron chi connectivity index (χ3n) is 5.90. The van der Waals surface area contributed by atoms with Crippen molar-refractivity contribution in [2.24, 2.45) is 0 Å². The number of imidazole rings is 1. The zero-order chi connectivity index (χ0) is 26.2. The number of amides is 2. The third kappa shape index (κ3) is 6.76. The summed E-state index contributed by atoms with van der Waals surface area (Å²) in [6, 6.07) is 20.8. The number of hydrogen-bond donors (Lipinski definition) is 2. The molecule has 190 valence electrons. The summed E-state index contributed by atoms with van der Waals surface area (Å²) in [5, 5.41) is 5.79. The number of nitrogens with zero attached hydrogens (tertiary/aromatic N) is 2. The average molecular weight is 499 g/mol. The summed E-state index contributed by atoms with van der Waals surface area (Å²) >= 11 is 0. The maximum atomic E-state index is 12.5. The van der Waals surface area contributed by atoms with E-state index in [4.69, 9.17) is 9.47 Å². The largest absolute Gasteiger partial charge is 0.493 e. The molecule has 4 aromatic rings. The number of rotatable bonds is 10. The molecule has 3 aromatic carbocycles. The molecule has 0 unspecified atom stereocenters. The zero-order valence-electron chi connectivity index (χ0n) is 21.2. The SMILES string of the molecule is CCc1ccc(NC(=O)c2cn(Cc3ccc(NC(=O)Cc4ccc(OC)c(OC)c4)cc3)cn2)cc1. The van der Waals surface area contributed by atoms with Crippen LogP contribution >= 0.6 is 0 Å². The number of methoxy groups -OCH3 is 2. The van der Waals surface area contributed by atoms with E-state index in [1.165, 1.54) is 5.56 Å². The number of ether oxygens (including phenoxy) is 2. The quantitative estimate of drug-likeness (QED) is 0.323. The monoisotopic (exact) mass is 498 g/mol. The summed E-state index contributed by atoms with van der Waals surface area (Å²) in [5.41, 5.74) is 4.83. The lowest BCUT2D eigenvalue weighted by Gasteiger charge is -2.10. The number of aromatic nitrogens is 2. The first-order valence-electron chi connectivity index (χ1n) is 12.0. The van der Waals surface area contributed by atoms with Crippen LogP contribution in [0.4, 0.5) is 11.4 Å². The van der Waals surface area contributed by atoms with Crippen LogP contribution in [0.3, 0.4) is 0 Å². The Balaban J connectivity index is 1.30. The Bertz CT molecular complexity index is 1360. The fraction of sp³-hybridized carbons (Fsp3) is 0.207. The van der Waals surface area contributed by atoms with Gasteiger partial charge in [0.2, 0.25) is 5.91 Å². The molecule has 8 heteroatoms. The molecule has 0 aliphatic carbocycles. The van der Waals surface area contributed by atoms with E-state index >= 15 is 0 Å². The molecule has 0 aliphatic rings. The van der Waals surface area contributed by atoms with E-state index in [1.807, 2.05) is 59.2 Å². The number of hydrogen-bond acceptors (Lipinski definition) is 5. The zero-order valence-corrected chi connectivity index (χ0v) is 21.2. The standard InChI is InChI=1S/C29H30N4O4/c1-4-20-5-10-24(11-6-20)32-29(35)25-18-33(19-30-25)17-21-7-12-23(13-8-21)31-28(34)16-22-9-14-26(36-2)27(15-22)37-3/h5-15,18-19H,4,16-17H2,1-3H3,(H,31,34)(H,32,35). The predicted octanol–water partition coefficient (Wildman–Crippen LogP) is 4.94. The topological polar surface area (TPSA) is 94.5 Å². The number of benzene rings is 3. The molecule has 0 aliphatic heterocycles. The molecule has 0 saturated carbocycles. The van der Waals surface area contributed by atoms with Gasteiger partial charge < -0.3 is 24.7 Å². The van der Waals surface area contributed by atoms with Gasteiger partial charge in [-0.1, -0.05) is 37.3 Å². The predicted molar refractivity (Wildman–Crippen MR) is 143 cm³/mol. The number of aryl methyl sites for hydroxylation is 1. The van der Waals surface area contributed by atoms with Crippen LogP contribution in [0.15, 0.2) is 79.3 Å². The molecular weight excluding hydrogens is 468 g/mol. The van der Waals surface area contributed by atoms with E-state index in [9.17, 15) is 9.59 Å². The van der Waals surface area contributed by atoms with Gasteiger partial charge in [-0.2, -0.15) is 0 Å². The molecular formula is C29H30N4O4. The first-order chi connectivity index (χ1) is 18.0. The van der Waals surface area contributed by atoms with Gasteiger partial charge in [-0.15, -0.1) is 0 Å². The van der Waals surface area contributed by atoms with E-state index in [1.54, 1.807) is 38.9 Å². The first kappa shape index (κ1) is 25.5. The van der Waals surface area contributed by atoms with Crippen molar-refractivity contribution in [3.8, 4) is 11.5 Å². The molecule has 4 rings (SSSR count). The fourth-order valence-electron chi connectivity index (χ4n) is 3.87. The van der Waals surface area contributed by atoms with E-state index in [-0.39, 0.29) is 18.2 Å². The minimum Gasteiger partial charge on any atom is -0.493 e. The van der Waals surface area contributed by atoms with Gasteiger partial charge in [-0.05, 0) is 59.5 Å². The summed E-state index contributed by atoms with van der Waals surface area (Å²) in [6.45, 7) is 2.64. The average Bonchev–Trinajstić information content (AvgIpc) is 3.39. The highest BCUT2D eigenvalue weighted by Crippen LogP contribution is 2.27. The molecule has 0 bridgehead atoms. The van der Waals surface area contributed by atoms with E-state index in [0.717, 1.165) is 23.2 Å².